The van der Waals surface area contributed by atoms with Crippen LogP contribution in [0.25, 0.3) is 5.65 Å². The minimum absolute atomic E-state index is 0. The maximum Gasteiger partial charge on any atom is 0.194 e. The Balaban J connectivity index is 0.00000256. The summed E-state index contributed by atoms with van der Waals surface area (Å²) in [5.74, 6) is 1.81. The van der Waals surface area contributed by atoms with Crippen molar-refractivity contribution in [2.24, 2.45) is 4.99 Å². The Labute approximate surface area is 194 Å². The number of aryl methyl sites for hydroxylation is 1. The molecule has 0 spiro atoms. The van der Waals surface area contributed by atoms with Crippen LogP contribution in [0.4, 0.5) is 5.69 Å². The molecular weight excluding hydrogens is 491 g/mol. The lowest BCUT2D eigenvalue weighted by molar-refractivity contribution is 0.371. The van der Waals surface area contributed by atoms with Gasteiger partial charge in [-0.3, -0.25) is 4.99 Å². The van der Waals surface area contributed by atoms with Gasteiger partial charge in [0.2, 0.25) is 0 Å². The van der Waals surface area contributed by atoms with E-state index in [2.05, 4.69) is 61.9 Å². The minimum Gasteiger partial charge on any atom is -0.497 e. The number of rotatable bonds is 4. The van der Waals surface area contributed by atoms with Gasteiger partial charge in [-0.25, -0.2) is 4.98 Å². The van der Waals surface area contributed by atoms with E-state index in [-0.39, 0.29) is 24.0 Å². The summed E-state index contributed by atoms with van der Waals surface area (Å²) in [6, 6.07) is 12.4. The number of pyridine rings is 1. The Bertz CT molecular complexity index is 1010. The number of piperazine rings is 1. The van der Waals surface area contributed by atoms with Crippen molar-refractivity contribution < 1.29 is 4.74 Å². The number of nitrogens with one attached hydrogen (secondary N) is 1. The van der Waals surface area contributed by atoms with Crippen molar-refractivity contribution in [3.63, 3.8) is 0 Å². The number of nitrogens with zero attached hydrogens (tertiary/aromatic N) is 5. The van der Waals surface area contributed by atoms with Gasteiger partial charge in [-0.2, -0.15) is 0 Å². The summed E-state index contributed by atoms with van der Waals surface area (Å²) in [5.41, 5.74) is 4.40. The summed E-state index contributed by atoms with van der Waals surface area (Å²) in [4.78, 5) is 13.9. The van der Waals surface area contributed by atoms with Gasteiger partial charge in [-0.05, 0) is 36.8 Å². The number of ether oxygens (including phenoxy) is 1. The Morgan fingerprint density at radius 3 is 2.70 bits per heavy atom. The van der Waals surface area contributed by atoms with E-state index >= 15 is 0 Å². The van der Waals surface area contributed by atoms with Crippen molar-refractivity contribution in [1.29, 1.82) is 0 Å². The van der Waals surface area contributed by atoms with E-state index in [9.17, 15) is 0 Å². The average Bonchev–Trinajstić information content (AvgIpc) is 3.16. The lowest BCUT2D eigenvalue weighted by Gasteiger charge is -2.37. The van der Waals surface area contributed by atoms with Crippen molar-refractivity contribution in [3.8, 4) is 5.75 Å². The van der Waals surface area contributed by atoms with E-state index in [1.54, 1.807) is 7.11 Å². The molecule has 1 aromatic carbocycles. The van der Waals surface area contributed by atoms with Crippen LogP contribution in [0, 0.1) is 6.92 Å². The highest BCUT2D eigenvalue weighted by molar-refractivity contribution is 14.0. The Hall–Kier alpha value is -2.49. The summed E-state index contributed by atoms with van der Waals surface area (Å²) in [6.07, 6.45) is 4.11. The molecule has 0 radical (unpaired) electrons. The molecule has 4 rings (SSSR count). The van der Waals surface area contributed by atoms with E-state index in [4.69, 9.17) is 9.72 Å². The van der Waals surface area contributed by atoms with Gasteiger partial charge in [0.15, 0.2) is 5.96 Å². The van der Waals surface area contributed by atoms with E-state index in [0.717, 1.165) is 49.2 Å². The van der Waals surface area contributed by atoms with Crippen molar-refractivity contribution >= 4 is 41.3 Å². The number of guanidine groups is 1. The maximum absolute atomic E-state index is 5.35. The highest BCUT2D eigenvalue weighted by Gasteiger charge is 2.20. The Morgan fingerprint density at radius 2 is 1.97 bits per heavy atom. The van der Waals surface area contributed by atoms with E-state index < -0.39 is 0 Å². The first-order valence-electron chi connectivity index (χ1n) is 9.95. The lowest BCUT2D eigenvalue weighted by Crippen LogP contribution is -2.52. The molecule has 0 bridgehead atoms. The number of hydrogen-bond donors (Lipinski definition) is 1. The maximum atomic E-state index is 5.35. The number of fused-ring (bicyclic) bond motifs is 1. The van der Waals surface area contributed by atoms with Gasteiger partial charge in [0.1, 0.15) is 11.4 Å². The molecule has 1 fully saturated rings. The number of benzene rings is 1. The van der Waals surface area contributed by atoms with E-state index in [1.165, 1.54) is 11.3 Å². The van der Waals surface area contributed by atoms with Gasteiger partial charge >= 0.3 is 0 Å². The number of anilines is 1. The molecule has 1 aliphatic rings. The first kappa shape index (κ1) is 22.2. The highest BCUT2D eigenvalue weighted by Crippen LogP contribution is 2.22. The number of aromatic nitrogens is 2. The molecule has 1 N–H and O–H groups in total. The van der Waals surface area contributed by atoms with Crippen LogP contribution in [0.15, 0.2) is 53.8 Å². The Morgan fingerprint density at radius 1 is 1.17 bits per heavy atom. The normalized spacial score (nSPS) is 14.6. The molecule has 3 heterocycles. The fourth-order valence-corrected chi connectivity index (χ4v) is 3.71. The molecule has 160 valence electrons. The van der Waals surface area contributed by atoms with Gasteiger partial charge in [-0.1, -0.05) is 6.07 Å². The number of imidazole rings is 1. The summed E-state index contributed by atoms with van der Waals surface area (Å²) >= 11 is 0. The van der Waals surface area contributed by atoms with Gasteiger partial charge in [0, 0.05) is 57.4 Å². The van der Waals surface area contributed by atoms with Crippen molar-refractivity contribution in [2.75, 3.05) is 45.2 Å². The van der Waals surface area contributed by atoms with Gasteiger partial charge in [0.25, 0.3) is 0 Å². The number of methoxy groups -OCH3 is 1. The molecule has 30 heavy (non-hydrogen) atoms. The van der Waals surface area contributed by atoms with Crippen LogP contribution >= 0.6 is 24.0 Å². The molecule has 8 heteroatoms. The first-order valence-corrected chi connectivity index (χ1v) is 9.95. The second-order valence-corrected chi connectivity index (χ2v) is 7.28. The Kier molecular flexibility index (Phi) is 7.41. The second-order valence-electron chi connectivity index (χ2n) is 7.28. The van der Waals surface area contributed by atoms with E-state index in [1.807, 2.05) is 25.4 Å². The SMILES string of the molecule is CN=C(NCc1cn2ccc(C)cc2n1)N1CCN(c2cccc(OC)c2)CC1.I. The number of halogens is 1. The predicted octanol–water partition coefficient (Wildman–Crippen LogP) is 3.17. The molecule has 1 aliphatic heterocycles. The van der Waals surface area contributed by atoms with Crippen LogP contribution in [0.5, 0.6) is 5.75 Å². The molecule has 1 saturated heterocycles. The third-order valence-electron chi connectivity index (χ3n) is 5.30. The second kappa shape index (κ2) is 10.0. The highest BCUT2D eigenvalue weighted by atomic mass is 127. The van der Waals surface area contributed by atoms with Crippen molar-refractivity contribution in [2.45, 2.75) is 13.5 Å². The van der Waals surface area contributed by atoms with Crippen LogP contribution in [0.2, 0.25) is 0 Å². The molecular formula is C22H29IN6O. The third kappa shape index (κ3) is 4.97. The average molecular weight is 520 g/mol. The lowest BCUT2D eigenvalue weighted by atomic mass is 10.2. The zero-order valence-electron chi connectivity index (χ0n) is 17.7. The minimum atomic E-state index is 0. The summed E-state index contributed by atoms with van der Waals surface area (Å²) < 4.78 is 7.41. The molecule has 0 aliphatic carbocycles. The number of hydrogen-bond acceptors (Lipinski definition) is 4. The largest absolute Gasteiger partial charge is 0.497 e. The van der Waals surface area contributed by atoms with Gasteiger partial charge < -0.3 is 24.3 Å². The molecule has 0 saturated carbocycles. The monoisotopic (exact) mass is 520 g/mol. The topological polar surface area (TPSA) is 57.4 Å². The smallest absolute Gasteiger partial charge is 0.194 e. The number of aliphatic imine (C=N–C) groups is 1. The van der Waals surface area contributed by atoms with Crippen LogP contribution in [0.3, 0.4) is 0 Å². The quantitative estimate of drug-likeness (QED) is 0.326. The molecule has 0 unspecified atom stereocenters. The predicted molar refractivity (Wildman–Crippen MR) is 132 cm³/mol. The van der Waals surface area contributed by atoms with Crippen molar-refractivity contribution in [3.05, 3.63) is 60.0 Å². The zero-order valence-corrected chi connectivity index (χ0v) is 20.0. The third-order valence-corrected chi connectivity index (χ3v) is 5.30. The zero-order chi connectivity index (χ0) is 20.2. The van der Waals surface area contributed by atoms with Crippen molar-refractivity contribution in [1.82, 2.24) is 19.6 Å². The first-order chi connectivity index (χ1) is 14.2. The van der Waals surface area contributed by atoms with Crippen LogP contribution in [-0.2, 0) is 6.54 Å². The van der Waals surface area contributed by atoms with Crippen LogP contribution in [0.1, 0.15) is 11.3 Å². The molecule has 7 nitrogen and oxygen atoms in total. The fourth-order valence-electron chi connectivity index (χ4n) is 3.71. The molecule has 3 aromatic rings. The van der Waals surface area contributed by atoms with E-state index in [0.29, 0.717) is 6.54 Å². The van der Waals surface area contributed by atoms with Crippen LogP contribution in [-0.4, -0.2) is 60.6 Å². The molecule has 0 amide bonds. The summed E-state index contributed by atoms with van der Waals surface area (Å²) in [5, 5.41) is 3.47. The standard InChI is InChI=1S/C22H28N6O.HI/c1-17-7-8-28-16-18(25-21(28)13-17)15-24-22(23-2)27-11-9-26(10-12-27)19-5-4-6-20(14-19)29-3;/h4-8,13-14,16H,9-12,15H2,1-3H3,(H,23,24);1H. The molecule has 0 atom stereocenters. The van der Waals surface area contributed by atoms with Gasteiger partial charge in [0.05, 0.1) is 19.3 Å². The fraction of sp³-hybridized carbons (Fsp3) is 0.364. The van der Waals surface area contributed by atoms with Gasteiger partial charge in [-0.15, -0.1) is 24.0 Å². The summed E-state index contributed by atoms with van der Waals surface area (Å²) in [6.45, 7) is 6.47. The summed E-state index contributed by atoms with van der Waals surface area (Å²) in [7, 11) is 3.54. The molecule has 2 aromatic heterocycles. The van der Waals surface area contributed by atoms with Crippen LogP contribution < -0.4 is 15.0 Å².